The minimum atomic E-state index is -0.525. The van der Waals surface area contributed by atoms with Crippen LogP contribution in [0.4, 0.5) is 0 Å². The van der Waals surface area contributed by atoms with E-state index in [1.165, 1.54) is 0 Å². The number of carbonyl (C=O) groups excluding carboxylic acids is 1. The summed E-state index contributed by atoms with van der Waals surface area (Å²) in [6, 6.07) is -0.428. The van der Waals surface area contributed by atoms with Crippen LogP contribution in [-0.2, 0) is 4.79 Å². The molecule has 0 spiro atoms. The summed E-state index contributed by atoms with van der Waals surface area (Å²) in [5.41, 5.74) is 10.2. The molecule has 60 valence electrons. The summed E-state index contributed by atoms with van der Waals surface area (Å²) in [6.45, 7) is 0. The largest absolute Gasteiger partial charge is 0.391 e. The number of aliphatic hydroxyl groups excluding tert-OH is 1. The molecule has 4 nitrogen and oxygen atoms in total. The predicted octanol–water partition coefficient (Wildman–Crippen LogP) is -1.40. The van der Waals surface area contributed by atoms with E-state index < -0.39 is 18.1 Å². The van der Waals surface area contributed by atoms with Gasteiger partial charge in [0.2, 0.25) is 5.91 Å². The van der Waals surface area contributed by atoms with E-state index in [9.17, 15) is 4.79 Å². The summed E-state index contributed by atoms with van der Waals surface area (Å²) in [5, 5.41) is 8.80. The van der Waals surface area contributed by atoms with Crippen LogP contribution in [0.1, 0.15) is 6.42 Å². The number of hydrogen-bond acceptors (Lipinski definition) is 3. The van der Waals surface area contributed by atoms with Gasteiger partial charge in [-0.15, -0.1) is 12.4 Å². The SMILES string of the molecule is Cl.NC(=O)C1CC(O)C1N. The van der Waals surface area contributed by atoms with Crippen LogP contribution in [0.2, 0.25) is 0 Å². The molecule has 1 aliphatic carbocycles. The highest BCUT2D eigenvalue weighted by molar-refractivity contribution is 5.85. The molecule has 0 heterocycles. The fourth-order valence-corrected chi connectivity index (χ4v) is 0.953. The number of rotatable bonds is 1. The molecule has 0 bridgehead atoms. The van der Waals surface area contributed by atoms with Gasteiger partial charge in [-0.05, 0) is 6.42 Å². The Balaban J connectivity index is 0.000000810. The summed E-state index contributed by atoms with van der Waals surface area (Å²) in [4.78, 5) is 10.4. The van der Waals surface area contributed by atoms with Crippen LogP contribution >= 0.6 is 12.4 Å². The average Bonchev–Trinajstić information content (AvgIpc) is 1.81. The van der Waals surface area contributed by atoms with Crippen LogP contribution in [0.3, 0.4) is 0 Å². The zero-order chi connectivity index (χ0) is 7.02. The predicted molar refractivity (Wildman–Crippen MR) is 38.5 cm³/mol. The van der Waals surface area contributed by atoms with E-state index in [-0.39, 0.29) is 18.3 Å². The molecule has 5 N–H and O–H groups in total. The Morgan fingerprint density at radius 2 is 2.10 bits per heavy atom. The zero-order valence-electron chi connectivity index (χ0n) is 5.36. The highest BCUT2D eigenvalue weighted by atomic mass is 35.5. The Kier molecular flexibility index (Phi) is 3.08. The number of carbonyl (C=O) groups is 1. The second kappa shape index (κ2) is 3.18. The second-order valence-corrected chi connectivity index (χ2v) is 2.39. The van der Waals surface area contributed by atoms with Crippen molar-refractivity contribution in [3.8, 4) is 0 Å². The lowest BCUT2D eigenvalue weighted by Gasteiger charge is -2.36. The molecule has 1 saturated carbocycles. The molecule has 0 radical (unpaired) electrons. The third-order valence-electron chi connectivity index (χ3n) is 1.77. The fourth-order valence-electron chi connectivity index (χ4n) is 0.953. The molecular formula is C5H11ClN2O2. The zero-order valence-corrected chi connectivity index (χ0v) is 6.17. The van der Waals surface area contributed by atoms with Crippen molar-refractivity contribution in [1.82, 2.24) is 0 Å². The number of aliphatic hydroxyl groups is 1. The van der Waals surface area contributed by atoms with Crippen molar-refractivity contribution in [3.63, 3.8) is 0 Å². The highest BCUT2D eigenvalue weighted by Crippen LogP contribution is 2.25. The minimum absolute atomic E-state index is 0. The van der Waals surface area contributed by atoms with Crippen LogP contribution in [0, 0.1) is 5.92 Å². The van der Waals surface area contributed by atoms with Gasteiger partial charge in [-0.3, -0.25) is 4.79 Å². The first-order chi connectivity index (χ1) is 4.13. The van der Waals surface area contributed by atoms with Crippen LogP contribution < -0.4 is 11.5 Å². The maximum atomic E-state index is 10.4. The first-order valence-corrected chi connectivity index (χ1v) is 2.86. The summed E-state index contributed by atoms with van der Waals surface area (Å²) in [7, 11) is 0. The molecule has 10 heavy (non-hydrogen) atoms. The van der Waals surface area contributed by atoms with Crippen molar-refractivity contribution in [2.45, 2.75) is 18.6 Å². The lowest BCUT2D eigenvalue weighted by Crippen LogP contribution is -2.57. The normalized spacial score (nSPS) is 37.6. The molecule has 1 fully saturated rings. The molecule has 1 amide bonds. The topological polar surface area (TPSA) is 89.3 Å². The van der Waals surface area contributed by atoms with E-state index in [0.717, 1.165) is 0 Å². The quantitative estimate of drug-likeness (QED) is 0.448. The van der Waals surface area contributed by atoms with E-state index in [2.05, 4.69) is 0 Å². The third-order valence-corrected chi connectivity index (χ3v) is 1.77. The number of amides is 1. The van der Waals surface area contributed by atoms with Gasteiger partial charge >= 0.3 is 0 Å². The van der Waals surface area contributed by atoms with Crippen molar-refractivity contribution < 1.29 is 9.90 Å². The summed E-state index contributed by atoms with van der Waals surface area (Å²) >= 11 is 0. The molecule has 1 aliphatic rings. The second-order valence-electron chi connectivity index (χ2n) is 2.39. The number of hydrogen-bond donors (Lipinski definition) is 3. The summed E-state index contributed by atoms with van der Waals surface area (Å²) in [6.07, 6.45) is -0.0984. The van der Waals surface area contributed by atoms with Gasteiger partial charge in [0.1, 0.15) is 0 Å². The lowest BCUT2D eigenvalue weighted by molar-refractivity contribution is -0.129. The summed E-state index contributed by atoms with van der Waals surface area (Å²) in [5.74, 6) is -0.715. The molecule has 1 rings (SSSR count). The Labute approximate surface area is 65.0 Å². The minimum Gasteiger partial charge on any atom is -0.391 e. The molecule has 0 aromatic heterocycles. The van der Waals surface area contributed by atoms with Crippen molar-refractivity contribution in [3.05, 3.63) is 0 Å². The molecule has 3 atom stereocenters. The van der Waals surface area contributed by atoms with Crippen molar-refractivity contribution in [2.75, 3.05) is 0 Å². The third kappa shape index (κ3) is 1.39. The van der Waals surface area contributed by atoms with E-state index in [1.54, 1.807) is 0 Å². The van der Waals surface area contributed by atoms with Gasteiger partial charge in [-0.1, -0.05) is 0 Å². The Morgan fingerprint density at radius 3 is 2.20 bits per heavy atom. The first kappa shape index (κ1) is 9.68. The van der Waals surface area contributed by atoms with E-state index in [1.807, 2.05) is 0 Å². The van der Waals surface area contributed by atoms with Gasteiger partial charge < -0.3 is 16.6 Å². The van der Waals surface area contributed by atoms with Crippen molar-refractivity contribution in [1.29, 1.82) is 0 Å². The van der Waals surface area contributed by atoms with Gasteiger partial charge in [0.15, 0.2) is 0 Å². The molecular weight excluding hydrogens is 156 g/mol. The smallest absolute Gasteiger partial charge is 0.222 e. The van der Waals surface area contributed by atoms with Crippen LogP contribution in [-0.4, -0.2) is 23.2 Å². The van der Waals surface area contributed by atoms with E-state index >= 15 is 0 Å². The van der Waals surface area contributed by atoms with Gasteiger partial charge in [0, 0.05) is 6.04 Å². The van der Waals surface area contributed by atoms with Crippen LogP contribution in [0.5, 0.6) is 0 Å². The van der Waals surface area contributed by atoms with Crippen molar-refractivity contribution in [2.24, 2.45) is 17.4 Å². The van der Waals surface area contributed by atoms with Gasteiger partial charge in [0.05, 0.1) is 12.0 Å². The monoisotopic (exact) mass is 166 g/mol. The molecule has 0 aliphatic heterocycles. The number of nitrogens with two attached hydrogens (primary N) is 2. The van der Waals surface area contributed by atoms with Crippen LogP contribution in [0.15, 0.2) is 0 Å². The Morgan fingerprint density at radius 1 is 1.60 bits per heavy atom. The van der Waals surface area contributed by atoms with E-state index in [0.29, 0.717) is 6.42 Å². The summed E-state index contributed by atoms with van der Waals surface area (Å²) < 4.78 is 0. The lowest BCUT2D eigenvalue weighted by atomic mass is 9.77. The Hall–Kier alpha value is -0.320. The molecule has 0 saturated heterocycles. The van der Waals surface area contributed by atoms with Crippen molar-refractivity contribution >= 4 is 18.3 Å². The van der Waals surface area contributed by atoms with Gasteiger partial charge in [-0.25, -0.2) is 0 Å². The van der Waals surface area contributed by atoms with Gasteiger partial charge in [-0.2, -0.15) is 0 Å². The maximum Gasteiger partial charge on any atom is 0.222 e. The fraction of sp³-hybridized carbons (Fsp3) is 0.800. The molecule has 0 aromatic rings. The van der Waals surface area contributed by atoms with E-state index in [4.69, 9.17) is 16.6 Å². The van der Waals surface area contributed by atoms with Gasteiger partial charge in [0.25, 0.3) is 0 Å². The molecule has 5 heteroatoms. The maximum absolute atomic E-state index is 10.4. The van der Waals surface area contributed by atoms with Crippen LogP contribution in [0.25, 0.3) is 0 Å². The highest BCUT2D eigenvalue weighted by Gasteiger charge is 2.40. The Bertz CT molecular complexity index is 142. The number of halogens is 1. The first-order valence-electron chi connectivity index (χ1n) is 2.86. The molecule has 3 unspecified atom stereocenters. The molecule has 0 aromatic carbocycles. The standard InChI is InChI=1S/C5H10N2O2.ClH/c6-4-2(5(7)9)1-3(4)8;/h2-4,8H,1,6H2,(H2,7,9);1H. The average molecular weight is 167 g/mol. The number of primary amides is 1.